The minimum absolute atomic E-state index is 0.0296. The number of ketones is 1. The second-order valence-corrected chi connectivity index (χ2v) is 9.13. The third-order valence-electron chi connectivity index (χ3n) is 4.80. The van der Waals surface area contributed by atoms with Gasteiger partial charge in [-0.3, -0.25) is 28.8 Å². The van der Waals surface area contributed by atoms with Gasteiger partial charge in [0.2, 0.25) is 5.78 Å². The lowest BCUT2D eigenvalue weighted by Gasteiger charge is -2.42. The molecule has 0 aromatic carbocycles. The summed E-state index contributed by atoms with van der Waals surface area (Å²) in [5.41, 5.74) is 5.28. The molecule has 2 amide bonds. The number of aliphatic hydroxyl groups excluding tert-OH is 1. The molecule has 2 aliphatic rings. The summed E-state index contributed by atoms with van der Waals surface area (Å²) >= 11 is 1.01. The lowest BCUT2D eigenvalue weighted by Crippen LogP contribution is -2.71. The average Bonchev–Trinajstić information content (AvgIpc) is 3.16. The first kappa shape index (κ1) is 24.4. The highest BCUT2D eigenvalue weighted by Crippen LogP contribution is 2.23. The molecule has 3 rings (SSSR count). The van der Waals surface area contributed by atoms with Crippen LogP contribution in [0.25, 0.3) is 0 Å². The lowest BCUT2D eigenvalue weighted by atomic mass is 10.0. The van der Waals surface area contributed by atoms with Gasteiger partial charge in [0.05, 0.1) is 19.4 Å². The highest BCUT2D eigenvalue weighted by atomic mass is 32.2. The van der Waals surface area contributed by atoms with E-state index in [1.165, 1.54) is 24.5 Å². The molecular formula is C16H20N6O9S2. The maximum absolute atomic E-state index is 12.8. The predicted molar refractivity (Wildman–Crippen MR) is 112 cm³/mol. The number of nitrogens with two attached hydrogens (primary N) is 1. The SMILES string of the molecule is CON1C=C(O)C(=O)CC1CON=C(C(=O)N[C@@H]1C(=O)N(S(=O)(=O)O)[C@H]1C)c1csc(N)n1. The molecule has 3 heterocycles. The zero-order valence-corrected chi connectivity index (χ0v) is 18.9. The van der Waals surface area contributed by atoms with Crippen molar-refractivity contribution in [2.45, 2.75) is 31.5 Å². The summed E-state index contributed by atoms with van der Waals surface area (Å²) in [7, 11) is -3.44. The van der Waals surface area contributed by atoms with Gasteiger partial charge >= 0.3 is 10.3 Å². The van der Waals surface area contributed by atoms with Gasteiger partial charge in [-0.2, -0.15) is 8.42 Å². The quantitative estimate of drug-likeness (QED) is 0.139. The number of aliphatic hydroxyl groups is 1. The zero-order valence-electron chi connectivity index (χ0n) is 17.2. The first-order chi connectivity index (χ1) is 15.4. The Balaban J connectivity index is 1.74. The van der Waals surface area contributed by atoms with Gasteiger partial charge < -0.3 is 21.0 Å². The van der Waals surface area contributed by atoms with Crippen molar-refractivity contribution < 1.29 is 42.1 Å². The molecule has 3 atom stereocenters. The summed E-state index contributed by atoms with van der Waals surface area (Å²) < 4.78 is 31.8. The van der Waals surface area contributed by atoms with E-state index in [0.717, 1.165) is 17.5 Å². The van der Waals surface area contributed by atoms with Crippen molar-refractivity contribution in [3.05, 3.63) is 23.0 Å². The molecular weight excluding hydrogens is 484 g/mol. The molecule has 1 aromatic rings. The Kier molecular flexibility index (Phi) is 6.86. The Labute approximate surface area is 191 Å². The fourth-order valence-corrected chi connectivity index (χ4v) is 4.57. The minimum Gasteiger partial charge on any atom is -0.503 e. The van der Waals surface area contributed by atoms with Crippen LogP contribution in [0.15, 0.2) is 22.5 Å². The number of rotatable bonds is 8. The van der Waals surface area contributed by atoms with E-state index in [-0.39, 0.29) is 33.9 Å². The summed E-state index contributed by atoms with van der Waals surface area (Å²) in [5, 5.41) is 18.3. The molecule has 1 aromatic heterocycles. The number of oxime groups is 1. The number of aromatic nitrogens is 1. The molecule has 1 unspecified atom stereocenters. The molecule has 5 N–H and O–H groups in total. The Morgan fingerprint density at radius 1 is 1.45 bits per heavy atom. The van der Waals surface area contributed by atoms with E-state index in [0.29, 0.717) is 0 Å². The van der Waals surface area contributed by atoms with E-state index < -0.39 is 51.8 Å². The van der Waals surface area contributed by atoms with Crippen molar-refractivity contribution in [3.63, 3.8) is 0 Å². The second-order valence-electron chi connectivity index (χ2n) is 6.95. The number of carbonyl (C=O) groups is 3. The lowest BCUT2D eigenvalue weighted by molar-refractivity contribution is -0.154. The average molecular weight is 505 g/mol. The van der Waals surface area contributed by atoms with Gasteiger partial charge in [0.25, 0.3) is 11.8 Å². The van der Waals surface area contributed by atoms with Crippen molar-refractivity contribution in [2.24, 2.45) is 5.16 Å². The van der Waals surface area contributed by atoms with Gasteiger partial charge in [-0.15, -0.1) is 11.3 Å². The van der Waals surface area contributed by atoms with Crippen molar-refractivity contribution in [3.8, 4) is 0 Å². The molecule has 2 aliphatic heterocycles. The molecule has 15 nitrogen and oxygen atoms in total. The van der Waals surface area contributed by atoms with Crippen LogP contribution < -0.4 is 11.1 Å². The monoisotopic (exact) mass is 504 g/mol. The smallest absolute Gasteiger partial charge is 0.362 e. The van der Waals surface area contributed by atoms with E-state index >= 15 is 0 Å². The number of anilines is 1. The van der Waals surface area contributed by atoms with Crippen LogP contribution in [0.1, 0.15) is 19.0 Å². The maximum Gasteiger partial charge on any atom is 0.362 e. The van der Waals surface area contributed by atoms with Crippen LogP contribution >= 0.6 is 11.3 Å². The number of carbonyl (C=O) groups excluding carboxylic acids is 3. The largest absolute Gasteiger partial charge is 0.503 e. The number of nitrogens with one attached hydrogen (secondary N) is 1. The third-order valence-corrected chi connectivity index (χ3v) is 6.48. The second kappa shape index (κ2) is 9.30. The number of nitrogen functional groups attached to an aromatic ring is 1. The van der Waals surface area contributed by atoms with Gasteiger partial charge in [-0.05, 0) is 6.92 Å². The molecule has 0 spiro atoms. The Hall–Kier alpha value is -3.28. The molecule has 33 heavy (non-hydrogen) atoms. The maximum atomic E-state index is 12.8. The van der Waals surface area contributed by atoms with Crippen LogP contribution in [0.5, 0.6) is 0 Å². The number of hydroxylamine groups is 2. The summed E-state index contributed by atoms with van der Waals surface area (Å²) in [6.45, 7) is 1.09. The highest BCUT2D eigenvalue weighted by molar-refractivity contribution is 7.84. The Bertz CT molecular complexity index is 1130. The number of allylic oxidation sites excluding steroid dienone is 1. The number of amides is 2. The van der Waals surface area contributed by atoms with Crippen LogP contribution in [0.3, 0.4) is 0 Å². The van der Waals surface area contributed by atoms with E-state index in [9.17, 15) is 27.9 Å². The number of β-lactam (4-membered cyclic amide) rings is 1. The topological polar surface area (TPSA) is 214 Å². The van der Waals surface area contributed by atoms with Gasteiger partial charge in [0.15, 0.2) is 16.6 Å². The minimum atomic E-state index is -4.76. The van der Waals surface area contributed by atoms with Crippen LogP contribution in [0.2, 0.25) is 0 Å². The third kappa shape index (κ3) is 5.05. The summed E-state index contributed by atoms with van der Waals surface area (Å²) in [5.74, 6) is -2.96. The fourth-order valence-electron chi connectivity index (χ4n) is 3.14. The summed E-state index contributed by atoms with van der Waals surface area (Å²) in [6, 6.07) is -2.95. The molecule has 180 valence electrons. The number of thiazole rings is 1. The summed E-state index contributed by atoms with van der Waals surface area (Å²) in [4.78, 5) is 50.8. The van der Waals surface area contributed by atoms with Crippen molar-refractivity contribution >= 4 is 50.1 Å². The fraction of sp³-hybridized carbons (Fsp3) is 0.438. The predicted octanol–water partition coefficient (Wildman–Crippen LogP) is -1.43. The van der Waals surface area contributed by atoms with Crippen molar-refractivity contribution in [1.82, 2.24) is 19.7 Å². The van der Waals surface area contributed by atoms with Gasteiger partial charge in [-0.25, -0.2) is 9.29 Å². The number of Topliss-reactive ketones (excluding diaryl/α,β-unsaturated/α-hetero) is 1. The first-order valence-electron chi connectivity index (χ1n) is 9.23. The molecule has 0 saturated carbocycles. The van der Waals surface area contributed by atoms with Gasteiger partial charge in [0, 0.05) is 11.8 Å². The zero-order chi connectivity index (χ0) is 24.5. The molecule has 17 heteroatoms. The van der Waals surface area contributed by atoms with Crippen LogP contribution in [0, 0.1) is 0 Å². The van der Waals surface area contributed by atoms with Crippen molar-refractivity contribution in [2.75, 3.05) is 19.5 Å². The Morgan fingerprint density at radius 2 is 2.15 bits per heavy atom. The molecule has 0 bridgehead atoms. The van der Waals surface area contributed by atoms with Crippen molar-refractivity contribution in [1.29, 1.82) is 0 Å². The van der Waals surface area contributed by atoms with Crippen LogP contribution in [0.4, 0.5) is 5.13 Å². The highest BCUT2D eigenvalue weighted by Gasteiger charge is 2.51. The van der Waals surface area contributed by atoms with E-state index in [1.54, 1.807) is 0 Å². The van der Waals surface area contributed by atoms with Crippen LogP contribution in [-0.4, -0.2) is 87.6 Å². The molecule has 1 saturated heterocycles. The van der Waals surface area contributed by atoms with Gasteiger partial charge in [0.1, 0.15) is 24.4 Å². The number of hydrogen-bond acceptors (Lipinski definition) is 13. The molecule has 1 fully saturated rings. The van der Waals surface area contributed by atoms with E-state index in [1.807, 2.05) is 0 Å². The van der Waals surface area contributed by atoms with Crippen LogP contribution in [-0.2, 0) is 34.4 Å². The van der Waals surface area contributed by atoms with E-state index in [4.69, 9.17) is 20.0 Å². The molecule has 0 aliphatic carbocycles. The Morgan fingerprint density at radius 3 is 2.70 bits per heavy atom. The van der Waals surface area contributed by atoms with Gasteiger partial charge in [-0.1, -0.05) is 5.16 Å². The first-order valence-corrected chi connectivity index (χ1v) is 11.5. The number of nitrogens with zero attached hydrogens (tertiary/aromatic N) is 4. The summed E-state index contributed by atoms with van der Waals surface area (Å²) in [6.07, 6.45) is 0.944. The molecule has 0 radical (unpaired) electrons. The standard InChI is InChI=1S/C16H20N6O9S2/c1-7-12(15(26)22(7)33(27,28)29)19-14(25)13(9-6-32-16(17)18-9)20-31-5-8-3-10(23)11(24)4-21(8)30-2/h4,6-8,12,24H,3,5H2,1-2H3,(H2,17,18)(H,19,25)(H,27,28,29)/t7-,8?,12-/m0/s1. The number of hydrogen-bond donors (Lipinski definition) is 4. The normalized spacial score (nSPS) is 23.8. The van der Waals surface area contributed by atoms with E-state index in [2.05, 4.69) is 15.5 Å².